The topological polar surface area (TPSA) is 94.0 Å². The normalized spacial score (nSPS) is 18.4. The van der Waals surface area contributed by atoms with Crippen molar-refractivity contribution in [2.75, 3.05) is 19.6 Å². The highest BCUT2D eigenvalue weighted by Crippen LogP contribution is 2.37. The van der Waals surface area contributed by atoms with E-state index in [4.69, 9.17) is 9.51 Å². The minimum Gasteiger partial charge on any atom is -0.361 e. The fraction of sp³-hybridized carbons (Fsp3) is 0.474. The van der Waals surface area contributed by atoms with Crippen LogP contribution in [0.15, 0.2) is 29.0 Å². The number of rotatable bonds is 2. The molecule has 146 valence electrons. The number of piperidine rings is 1. The highest BCUT2D eigenvalue weighted by atomic mass is 16.5. The van der Waals surface area contributed by atoms with Crippen LogP contribution < -0.4 is 5.32 Å². The number of nitrogens with zero attached hydrogens (tertiary/aromatic N) is 6. The Morgan fingerprint density at radius 3 is 2.75 bits per heavy atom. The zero-order valence-corrected chi connectivity index (χ0v) is 16.1. The maximum Gasteiger partial charge on any atom is 0.276 e. The van der Waals surface area contributed by atoms with Crippen molar-refractivity contribution >= 4 is 5.91 Å². The van der Waals surface area contributed by atoms with Crippen LogP contribution in [0.25, 0.3) is 11.4 Å². The van der Waals surface area contributed by atoms with Crippen molar-refractivity contribution < 1.29 is 9.32 Å². The van der Waals surface area contributed by atoms with Crippen LogP contribution in [0, 0.1) is 6.92 Å². The Bertz CT molecular complexity index is 1020. The first kappa shape index (κ1) is 17.2. The summed E-state index contributed by atoms with van der Waals surface area (Å²) < 4.78 is 9.22. The Hall–Kier alpha value is -2.94. The van der Waals surface area contributed by atoms with Gasteiger partial charge in [-0.2, -0.15) is 5.10 Å². The molecule has 0 aliphatic carbocycles. The lowest BCUT2D eigenvalue weighted by Gasteiger charge is -2.44. The molecule has 1 fully saturated rings. The number of amides is 1. The molecule has 0 aromatic carbocycles. The molecule has 0 unspecified atom stereocenters. The predicted molar refractivity (Wildman–Crippen MR) is 100 cm³/mol. The van der Waals surface area contributed by atoms with Gasteiger partial charge in [-0.1, -0.05) is 5.16 Å². The molecular formula is C19H23N7O2. The molecule has 1 N–H and O–H groups in total. The lowest BCUT2D eigenvalue weighted by Crippen LogP contribution is -2.56. The lowest BCUT2D eigenvalue weighted by atomic mass is 9.85. The number of carbonyl (C=O) groups is 1. The van der Waals surface area contributed by atoms with E-state index >= 15 is 0 Å². The highest BCUT2D eigenvalue weighted by Gasteiger charge is 2.43. The summed E-state index contributed by atoms with van der Waals surface area (Å²) in [5, 5.41) is 11.8. The first-order chi connectivity index (χ1) is 13.6. The molecule has 28 heavy (non-hydrogen) atoms. The van der Waals surface area contributed by atoms with Gasteiger partial charge in [0.15, 0.2) is 5.69 Å². The van der Waals surface area contributed by atoms with Crippen molar-refractivity contribution in [3.8, 4) is 11.4 Å². The van der Waals surface area contributed by atoms with Crippen molar-refractivity contribution in [2.45, 2.75) is 31.8 Å². The second-order valence-electron chi connectivity index (χ2n) is 7.58. The SMILES string of the molecule is Cc1cc(C(=O)N2CCC3(CC2)NCCn2c(-c4ccnn4C)cnc23)no1. The van der Waals surface area contributed by atoms with Gasteiger partial charge < -0.3 is 19.3 Å². The maximum absolute atomic E-state index is 12.7. The summed E-state index contributed by atoms with van der Waals surface area (Å²) in [5.74, 6) is 1.64. The molecule has 3 aromatic rings. The first-order valence-electron chi connectivity index (χ1n) is 9.59. The van der Waals surface area contributed by atoms with E-state index in [1.165, 1.54) is 0 Å². The third-order valence-electron chi connectivity index (χ3n) is 5.92. The summed E-state index contributed by atoms with van der Waals surface area (Å²) in [4.78, 5) is 19.3. The van der Waals surface area contributed by atoms with E-state index in [-0.39, 0.29) is 11.4 Å². The van der Waals surface area contributed by atoms with Gasteiger partial charge in [-0.25, -0.2) is 4.98 Å². The number of hydrogen-bond donors (Lipinski definition) is 1. The first-order valence-corrected chi connectivity index (χ1v) is 9.59. The van der Waals surface area contributed by atoms with Crippen LogP contribution in [0.5, 0.6) is 0 Å². The van der Waals surface area contributed by atoms with E-state index in [1.54, 1.807) is 13.0 Å². The van der Waals surface area contributed by atoms with Crippen LogP contribution in [0.3, 0.4) is 0 Å². The molecule has 9 nitrogen and oxygen atoms in total. The van der Waals surface area contributed by atoms with Gasteiger partial charge in [0.2, 0.25) is 0 Å². The summed E-state index contributed by atoms with van der Waals surface area (Å²) in [6.45, 7) is 4.86. The number of imidazole rings is 1. The van der Waals surface area contributed by atoms with E-state index < -0.39 is 0 Å². The third-order valence-corrected chi connectivity index (χ3v) is 5.92. The minimum atomic E-state index is -0.203. The number of likely N-dealkylation sites (tertiary alicyclic amines) is 1. The molecule has 3 aromatic heterocycles. The molecule has 0 saturated carbocycles. The third kappa shape index (κ3) is 2.57. The van der Waals surface area contributed by atoms with Gasteiger partial charge in [-0.05, 0) is 25.8 Å². The Morgan fingerprint density at radius 1 is 1.25 bits per heavy atom. The monoisotopic (exact) mass is 381 g/mol. The summed E-state index contributed by atoms with van der Waals surface area (Å²) >= 11 is 0. The molecular weight excluding hydrogens is 358 g/mol. The van der Waals surface area contributed by atoms with Gasteiger partial charge in [-0.15, -0.1) is 0 Å². The van der Waals surface area contributed by atoms with Crippen LogP contribution in [-0.4, -0.2) is 54.9 Å². The van der Waals surface area contributed by atoms with Gasteiger partial charge in [0.25, 0.3) is 5.91 Å². The number of fused-ring (bicyclic) bond motifs is 2. The highest BCUT2D eigenvalue weighted by molar-refractivity contribution is 5.92. The maximum atomic E-state index is 12.7. The molecule has 9 heteroatoms. The second kappa shape index (κ2) is 6.30. The standard InChI is InChI=1S/C19H23N7O2/c1-13-11-14(23-28-13)17(27)25-8-4-19(5-9-25)18-20-12-16(26(18)10-7-21-19)15-3-6-22-24(15)2/h3,6,11-12,21H,4-5,7-10H2,1-2H3. The molecule has 1 amide bonds. The molecule has 0 atom stereocenters. The molecule has 0 bridgehead atoms. The van der Waals surface area contributed by atoms with E-state index in [2.05, 4.69) is 20.1 Å². The van der Waals surface area contributed by atoms with Crippen LogP contribution in [0.2, 0.25) is 0 Å². The zero-order chi connectivity index (χ0) is 19.3. The number of aryl methyl sites for hydroxylation is 2. The summed E-state index contributed by atoms with van der Waals surface area (Å²) in [7, 11) is 1.95. The fourth-order valence-corrected chi connectivity index (χ4v) is 4.42. The summed E-state index contributed by atoms with van der Waals surface area (Å²) in [5.41, 5.74) is 2.33. The van der Waals surface area contributed by atoms with Crippen molar-refractivity contribution in [1.82, 2.24) is 34.7 Å². The van der Waals surface area contributed by atoms with Crippen LogP contribution >= 0.6 is 0 Å². The van der Waals surface area contributed by atoms with E-state index in [0.29, 0.717) is 24.5 Å². The molecule has 5 heterocycles. The summed E-state index contributed by atoms with van der Waals surface area (Å²) in [6.07, 6.45) is 5.38. The van der Waals surface area contributed by atoms with Crippen molar-refractivity contribution in [1.29, 1.82) is 0 Å². The van der Waals surface area contributed by atoms with Gasteiger partial charge in [0, 0.05) is 45.5 Å². The fourth-order valence-electron chi connectivity index (χ4n) is 4.42. The molecule has 2 aliphatic heterocycles. The number of hydrogen-bond acceptors (Lipinski definition) is 6. The quantitative estimate of drug-likeness (QED) is 0.719. The number of carbonyl (C=O) groups excluding carboxylic acids is 1. The van der Waals surface area contributed by atoms with E-state index in [0.717, 1.165) is 43.1 Å². The Kier molecular flexibility index (Phi) is 3.87. The average molecular weight is 381 g/mol. The van der Waals surface area contributed by atoms with Gasteiger partial charge in [-0.3, -0.25) is 9.48 Å². The Balaban J connectivity index is 1.39. The zero-order valence-electron chi connectivity index (χ0n) is 16.1. The Labute approximate surface area is 162 Å². The van der Waals surface area contributed by atoms with Crippen LogP contribution in [0.4, 0.5) is 0 Å². The van der Waals surface area contributed by atoms with Crippen molar-refractivity contribution in [3.05, 3.63) is 41.8 Å². The van der Waals surface area contributed by atoms with Gasteiger partial charge >= 0.3 is 0 Å². The predicted octanol–water partition coefficient (Wildman–Crippen LogP) is 1.31. The summed E-state index contributed by atoms with van der Waals surface area (Å²) in [6, 6.07) is 3.71. The average Bonchev–Trinajstić information content (AvgIpc) is 3.42. The number of aromatic nitrogens is 5. The van der Waals surface area contributed by atoms with Crippen LogP contribution in [-0.2, 0) is 19.1 Å². The van der Waals surface area contributed by atoms with Gasteiger partial charge in [0.1, 0.15) is 11.6 Å². The van der Waals surface area contributed by atoms with E-state index in [1.807, 2.05) is 35.1 Å². The number of nitrogens with one attached hydrogen (secondary N) is 1. The van der Waals surface area contributed by atoms with E-state index in [9.17, 15) is 4.79 Å². The molecule has 1 spiro atoms. The van der Waals surface area contributed by atoms with Crippen molar-refractivity contribution in [3.63, 3.8) is 0 Å². The molecule has 2 aliphatic rings. The smallest absolute Gasteiger partial charge is 0.276 e. The largest absolute Gasteiger partial charge is 0.361 e. The Morgan fingerprint density at radius 2 is 2.07 bits per heavy atom. The minimum absolute atomic E-state index is 0.0681. The van der Waals surface area contributed by atoms with Gasteiger partial charge in [0.05, 0.1) is 23.1 Å². The second-order valence-corrected chi connectivity index (χ2v) is 7.58. The molecule has 5 rings (SSSR count). The lowest BCUT2D eigenvalue weighted by molar-refractivity contribution is 0.0597. The molecule has 1 saturated heterocycles. The molecule has 0 radical (unpaired) electrons. The van der Waals surface area contributed by atoms with Crippen molar-refractivity contribution in [2.24, 2.45) is 7.05 Å². The van der Waals surface area contributed by atoms with Crippen LogP contribution in [0.1, 0.15) is 34.9 Å².